The van der Waals surface area contributed by atoms with Crippen molar-refractivity contribution >= 4 is 36.9 Å². The first-order valence-corrected chi connectivity index (χ1v) is 11.6. The number of anilines is 1. The Morgan fingerprint density at radius 3 is 2.63 bits per heavy atom. The number of hydrogen-bond acceptors (Lipinski definition) is 7. The molecular weight excluding hydrogens is 485 g/mol. The van der Waals surface area contributed by atoms with Gasteiger partial charge in [-0.05, 0) is 79.6 Å². The molecule has 7 nitrogen and oxygen atoms in total. The third-order valence-corrected chi connectivity index (χ3v) is 5.88. The Labute approximate surface area is 219 Å². The molecule has 1 N–H and O–H groups in total. The van der Waals surface area contributed by atoms with Crippen LogP contribution in [0.5, 0.6) is 5.88 Å². The Balaban J connectivity index is 0.00000216. The van der Waals surface area contributed by atoms with Crippen molar-refractivity contribution in [1.29, 1.82) is 0 Å². The van der Waals surface area contributed by atoms with Gasteiger partial charge in [0.05, 0.1) is 12.6 Å². The van der Waals surface area contributed by atoms with Gasteiger partial charge in [-0.1, -0.05) is 6.07 Å². The van der Waals surface area contributed by atoms with Crippen LogP contribution in [0, 0.1) is 0 Å². The number of rotatable bonds is 12. The number of fused-ring (bicyclic) bond motifs is 1. The van der Waals surface area contributed by atoms with Crippen molar-refractivity contribution in [2.75, 3.05) is 25.0 Å². The van der Waals surface area contributed by atoms with Crippen LogP contribution in [0.2, 0.25) is 0 Å². The third-order valence-electron chi connectivity index (χ3n) is 5.88. The Bertz CT molecular complexity index is 1010. The summed E-state index contributed by atoms with van der Waals surface area (Å²) in [5.74, 6) is 1.38. The van der Waals surface area contributed by atoms with E-state index >= 15 is 0 Å². The zero-order valence-electron chi connectivity index (χ0n) is 19.7. The van der Waals surface area contributed by atoms with Crippen LogP contribution in [-0.2, 0) is 24.2 Å². The predicted octanol–water partition coefficient (Wildman–Crippen LogP) is 4.54. The molecule has 3 aromatic heterocycles. The molecule has 0 bridgehead atoms. The molecule has 0 aromatic carbocycles. The number of ether oxygens (including phenoxy) is 1. The minimum Gasteiger partial charge on any atom is -0.478 e. The van der Waals surface area contributed by atoms with E-state index in [0.29, 0.717) is 12.5 Å². The van der Waals surface area contributed by atoms with Crippen LogP contribution in [0.3, 0.4) is 0 Å². The Morgan fingerprint density at radius 1 is 1.00 bits per heavy atom. The number of carbonyl (C=O) groups is 1. The molecule has 0 saturated carbocycles. The molecule has 35 heavy (non-hydrogen) atoms. The molecule has 0 saturated heterocycles. The average molecular weight is 518 g/mol. The van der Waals surface area contributed by atoms with Gasteiger partial charge in [0.1, 0.15) is 12.1 Å². The molecule has 0 aliphatic carbocycles. The Morgan fingerprint density at radius 2 is 1.86 bits per heavy atom. The van der Waals surface area contributed by atoms with Crippen LogP contribution in [0.15, 0.2) is 61.2 Å². The summed E-state index contributed by atoms with van der Waals surface area (Å²) >= 11 is 0. The molecule has 0 fully saturated rings. The van der Waals surface area contributed by atoms with Crippen LogP contribution < -0.4 is 10.1 Å². The number of aldehydes is 1. The van der Waals surface area contributed by atoms with Crippen LogP contribution in [-0.4, -0.2) is 51.9 Å². The number of halogens is 2. The number of aromatic nitrogens is 3. The first kappa shape index (κ1) is 28.5. The first-order chi connectivity index (χ1) is 16.3. The van der Waals surface area contributed by atoms with Crippen molar-refractivity contribution in [3.05, 3.63) is 77.9 Å². The summed E-state index contributed by atoms with van der Waals surface area (Å²) in [7, 11) is 0. The molecule has 1 atom stereocenters. The second kappa shape index (κ2) is 15.3. The van der Waals surface area contributed by atoms with E-state index in [-0.39, 0.29) is 30.9 Å². The van der Waals surface area contributed by atoms with Crippen LogP contribution in [0.25, 0.3) is 0 Å². The lowest BCUT2D eigenvalue weighted by atomic mass is 10.0. The maximum atomic E-state index is 11.1. The summed E-state index contributed by atoms with van der Waals surface area (Å²) < 4.78 is 5.90. The highest BCUT2D eigenvalue weighted by Crippen LogP contribution is 2.25. The molecule has 188 valence electrons. The minimum absolute atomic E-state index is 0. The van der Waals surface area contributed by atoms with Gasteiger partial charge in [0.2, 0.25) is 5.88 Å². The summed E-state index contributed by atoms with van der Waals surface area (Å²) in [6, 6.07) is 12.1. The molecule has 1 unspecified atom stereocenters. The summed E-state index contributed by atoms with van der Waals surface area (Å²) in [5, 5.41) is 3.18. The van der Waals surface area contributed by atoms with E-state index < -0.39 is 0 Å². The summed E-state index contributed by atoms with van der Waals surface area (Å²) in [6.45, 7) is 3.49. The Hall–Kier alpha value is -2.74. The van der Waals surface area contributed by atoms with Crippen molar-refractivity contribution in [2.24, 2.45) is 0 Å². The van der Waals surface area contributed by atoms with Gasteiger partial charge in [-0.3, -0.25) is 14.9 Å². The number of nitrogens with zero attached hydrogens (tertiary/aromatic N) is 4. The van der Waals surface area contributed by atoms with Crippen LogP contribution in [0.1, 0.15) is 36.0 Å². The fourth-order valence-corrected chi connectivity index (χ4v) is 4.00. The van der Waals surface area contributed by atoms with E-state index in [1.54, 1.807) is 0 Å². The normalized spacial score (nSPS) is 14.1. The van der Waals surface area contributed by atoms with E-state index in [4.69, 9.17) is 4.74 Å². The SMILES string of the molecule is Cl.Cl.O=CC1CCc2ccc(OCCCCN(CCc3cccnc3)Cc3ccncc3)nc2N1. The first-order valence-electron chi connectivity index (χ1n) is 11.6. The quantitative estimate of drug-likeness (QED) is 0.279. The molecule has 1 aliphatic heterocycles. The van der Waals surface area contributed by atoms with Crippen molar-refractivity contribution in [2.45, 2.75) is 44.7 Å². The highest BCUT2D eigenvalue weighted by Gasteiger charge is 2.18. The topological polar surface area (TPSA) is 80.2 Å². The van der Waals surface area contributed by atoms with Gasteiger partial charge in [0.25, 0.3) is 0 Å². The lowest BCUT2D eigenvalue weighted by Gasteiger charge is -2.23. The summed E-state index contributed by atoms with van der Waals surface area (Å²) in [6.07, 6.45) is 13.0. The van der Waals surface area contributed by atoms with Crippen molar-refractivity contribution < 1.29 is 9.53 Å². The minimum atomic E-state index is -0.154. The molecule has 9 heteroatoms. The van der Waals surface area contributed by atoms with Gasteiger partial charge in [-0.15, -0.1) is 24.8 Å². The van der Waals surface area contributed by atoms with Gasteiger partial charge in [-0.2, -0.15) is 4.98 Å². The second-order valence-electron chi connectivity index (χ2n) is 8.38. The summed E-state index contributed by atoms with van der Waals surface area (Å²) in [4.78, 5) is 26.4. The Kier molecular flexibility index (Phi) is 12.5. The number of hydrogen-bond donors (Lipinski definition) is 1. The second-order valence-corrected chi connectivity index (χ2v) is 8.38. The highest BCUT2D eigenvalue weighted by molar-refractivity contribution is 5.85. The zero-order chi connectivity index (χ0) is 22.7. The third kappa shape index (κ3) is 9.09. The fourth-order valence-electron chi connectivity index (χ4n) is 4.00. The van der Waals surface area contributed by atoms with Gasteiger partial charge < -0.3 is 14.8 Å². The van der Waals surface area contributed by atoms with E-state index in [1.165, 1.54) is 11.1 Å². The van der Waals surface area contributed by atoms with Crippen LogP contribution >= 0.6 is 24.8 Å². The molecule has 4 rings (SSSR count). The number of carbonyl (C=O) groups excluding carboxylic acids is 1. The number of nitrogens with one attached hydrogen (secondary N) is 1. The van der Waals surface area contributed by atoms with Gasteiger partial charge in [-0.25, -0.2) is 0 Å². The van der Waals surface area contributed by atoms with Gasteiger partial charge in [0, 0.05) is 43.9 Å². The number of unbranched alkanes of at least 4 members (excludes halogenated alkanes) is 1. The van der Waals surface area contributed by atoms with Crippen molar-refractivity contribution in [3.63, 3.8) is 0 Å². The van der Waals surface area contributed by atoms with Gasteiger partial charge in [0.15, 0.2) is 0 Å². The van der Waals surface area contributed by atoms with Crippen molar-refractivity contribution in [1.82, 2.24) is 19.9 Å². The molecule has 4 heterocycles. The molecule has 1 aliphatic rings. The van der Waals surface area contributed by atoms with Crippen molar-refractivity contribution in [3.8, 4) is 5.88 Å². The maximum Gasteiger partial charge on any atom is 0.215 e. The molecule has 0 amide bonds. The average Bonchev–Trinajstić information content (AvgIpc) is 2.87. The maximum absolute atomic E-state index is 11.1. The smallest absolute Gasteiger partial charge is 0.215 e. The van der Waals surface area contributed by atoms with E-state index in [9.17, 15) is 4.79 Å². The largest absolute Gasteiger partial charge is 0.478 e. The molecule has 3 aromatic rings. The lowest BCUT2D eigenvalue weighted by molar-refractivity contribution is -0.108. The number of pyridine rings is 3. The monoisotopic (exact) mass is 517 g/mol. The zero-order valence-corrected chi connectivity index (χ0v) is 21.3. The summed E-state index contributed by atoms with van der Waals surface area (Å²) in [5.41, 5.74) is 3.66. The lowest BCUT2D eigenvalue weighted by Crippen LogP contribution is -2.27. The molecule has 0 radical (unpaired) electrons. The van der Waals surface area contributed by atoms with E-state index in [1.807, 2.05) is 43.0 Å². The van der Waals surface area contributed by atoms with Gasteiger partial charge >= 0.3 is 0 Å². The van der Waals surface area contributed by atoms with E-state index in [0.717, 1.165) is 69.4 Å². The molecular formula is C26H33Cl2N5O2. The van der Waals surface area contributed by atoms with E-state index in [2.05, 4.69) is 43.4 Å². The fraction of sp³-hybridized carbons (Fsp3) is 0.385. The predicted molar refractivity (Wildman–Crippen MR) is 143 cm³/mol. The molecule has 0 spiro atoms. The van der Waals surface area contributed by atoms with Crippen LogP contribution in [0.4, 0.5) is 5.82 Å². The number of aryl methyl sites for hydroxylation is 1. The standard InChI is InChI=1S/C26H31N5O2.2ClH/c32-20-24-7-5-23-6-8-25(30-26(23)29-24)33-17-2-1-15-31(19-22-9-13-27-14-10-22)16-11-21-4-3-12-28-18-21;;/h3-4,6,8-10,12-14,18,20,24H,1-2,5,7,11,15-17,19H2,(H,29,30);2*1H. The highest BCUT2D eigenvalue weighted by atomic mass is 35.5.